The van der Waals surface area contributed by atoms with E-state index in [1.165, 1.54) is 7.11 Å². The van der Waals surface area contributed by atoms with Gasteiger partial charge in [0.25, 0.3) is 0 Å². The van der Waals surface area contributed by atoms with Crippen molar-refractivity contribution in [1.29, 1.82) is 0 Å². The van der Waals surface area contributed by atoms with Crippen LogP contribution in [0.5, 0.6) is 5.75 Å². The van der Waals surface area contributed by atoms with Crippen LogP contribution in [0, 0.1) is 0 Å². The fourth-order valence-corrected chi connectivity index (χ4v) is 4.68. The van der Waals surface area contributed by atoms with E-state index in [2.05, 4.69) is 9.97 Å². The van der Waals surface area contributed by atoms with E-state index >= 15 is 0 Å². The fraction of sp³-hybridized carbons (Fsp3) is 0.292. The number of ether oxygens (including phenoxy) is 1. The number of aryl methyl sites for hydroxylation is 1. The van der Waals surface area contributed by atoms with E-state index in [4.69, 9.17) is 10.5 Å². The highest BCUT2D eigenvalue weighted by atomic mass is 16.5. The summed E-state index contributed by atoms with van der Waals surface area (Å²) in [7, 11) is 1.53. The lowest BCUT2D eigenvalue weighted by atomic mass is 9.87. The van der Waals surface area contributed by atoms with Gasteiger partial charge in [-0.1, -0.05) is 0 Å². The molecule has 7 heteroatoms. The first-order valence-corrected chi connectivity index (χ1v) is 10.3. The molecule has 5 rings (SSSR count). The van der Waals surface area contributed by atoms with Crippen molar-refractivity contribution >= 4 is 12.3 Å². The molecule has 3 aromatic rings. The number of carboxylic acids is 1. The van der Waals surface area contributed by atoms with Gasteiger partial charge >= 0.3 is 5.97 Å². The van der Waals surface area contributed by atoms with E-state index in [0.717, 1.165) is 59.2 Å². The van der Waals surface area contributed by atoms with Crippen molar-refractivity contribution in [3.8, 4) is 28.3 Å². The minimum absolute atomic E-state index is 0.254. The first-order chi connectivity index (χ1) is 15.0. The molecular weight excluding hydrogens is 394 g/mol. The molecule has 0 aliphatic heterocycles. The minimum atomic E-state index is -0.907. The molecule has 2 aliphatic rings. The highest BCUT2D eigenvalue weighted by Crippen LogP contribution is 2.51. The number of carbonyl (C=O) groups excluding carboxylic acids is 1. The number of aromatic nitrogens is 2. The summed E-state index contributed by atoms with van der Waals surface area (Å²) in [6.07, 6.45) is 5.78. The van der Waals surface area contributed by atoms with E-state index < -0.39 is 5.97 Å². The maximum absolute atomic E-state index is 12.2. The van der Waals surface area contributed by atoms with Gasteiger partial charge in [-0.2, -0.15) is 0 Å². The van der Waals surface area contributed by atoms with Crippen molar-refractivity contribution in [2.24, 2.45) is 5.73 Å². The molecule has 158 valence electrons. The molecule has 0 bridgehead atoms. The van der Waals surface area contributed by atoms with E-state index in [1.54, 1.807) is 12.1 Å². The van der Waals surface area contributed by atoms with Crippen LogP contribution in [0.2, 0.25) is 0 Å². The second-order valence-electron chi connectivity index (χ2n) is 8.32. The number of hydrogen-bond donors (Lipinski definition) is 3. The molecule has 0 spiro atoms. The number of pyridine rings is 1. The molecular formula is C24H23N3O4. The summed E-state index contributed by atoms with van der Waals surface area (Å²) in [4.78, 5) is 31.6. The lowest BCUT2D eigenvalue weighted by Gasteiger charge is -2.18. The Balaban J connectivity index is 1.66. The molecule has 1 fully saturated rings. The normalized spacial score (nSPS) is 15.7. The van der Waals surface area contributed by atoms with Gasteiger partial charge in [0, 0.05) is 35.0 Å². The largest absolute Gasteiger partial charge is 0.496 e. The number of H-pyrrole nitrogens is 1. The summed E-state index contributed by atoms with van der Waals surface area (Å²) in [6, 6.07) is 7.33. The summed E-state index contributed by atoms with van der Waals surface area (Å²) >= 11 is 0. The van der Waals surface area contributed by atoms with Gasteiger partial charge in [0.15, 0.2) is 6.29 Å². The predicted octanol–water partition coefficient (Wildman–Crippen LogP) is 3.35. The van der Waals surface area contributed by atoms with Crippen LogP contribution in [0.15, 0.2) is 30.5 Å². The Labute approximate surface area is 179 Å². The van der Waals surface area contributed by atoms with Gasteiger partial charge in [-0.3, -0.25) is 9.78 Å². The van der Waals surface area contributed by atoms with Crippen LogP contribution >= 0.6 is 0 Å². The highest BCUT2D eigenvalue weighted by Gasteiger charge is 2.48. The van der Waals surface area contributed by atoms with Crippen LogP contribution in [0.4, 0.5) is 0 Å². The molecule has 2 aromatic heterocycles. The third-order valence-electron chi connectivity index (χ3n) is 6.64. The number of fused-ring (bicyclic) bond motifs is 3. The first kappa shape index (κ1) is 19.5. The Kier molecular flexibility index (Phi) is 4.44. The van der Waals surface area contributed by atoms with E-state index in [0.29, 0.717) is 35.5 Å². The van der Waals surface area contributed by atoms with Gasteiger partial charge in [-0.05, 0) is 61.1 Å². The Morgan fingerprint density at radius 2 is 2.13 bits per heavy atom. The molecule has 2 heterocycles. The number of carbonyl (C=O) groups is 2. The number of hydrogen-bond acceptors (Lipinski definition) is 5. The van der Waals surface area contributed by atoms with Crippen LogP contribution in [0.25, 0.3) is 22.5 Å². The van der Waals surface area contributed by atoms with Gasteiger partial charge < -0.3 is 20.6 Å². The van der Waals surface area contributed by atoms with Crippen molar-refractivity contribution in [2.45, 2.75) is 31.1 Å². The zero-order valence-corrected chi connectivity index (χ0v) is 17.2. The fourth-order valence-electron chi connectivity index (χ4n) is 4.68. The number of aldehydes is 1. The Morgan fingerprint density at radius 3 is 2.77 bits per heavy atom. The SMILES string of the molecule is COc1ccc(-c2cc3c(cn2)CCc2c-3[nH]c(C3(CN)CC3)c2C(=O)O)cc1C=O. The van der Waals surface area contributed by atoms with Crippen molar-refractivity contribution in [1.82, 2.24) is 9.97 Å². The summed E-state index contributed by atoms with van der Waals surface area (Å²) in [5.74, 6) is -0.397. The van der Waals surface area contributed by atoms with Crippen LogP contribution < -0.4 is 10.5 Å². The monoisotopic (exact) mass is 417 g/mol. The summed E-state index contributed by atoms with van der Waals surface area (Å²) < 4.78 is 5.23. The quantitative estimate of drug-likeness (QED) is 0.529. The van der Waals surface area contributed by atoms with Gasteiger partial charge in [-0.25, -0.2) is 4.79 Å². The number of benzene rings is 1. The molecule has 1 aromatic carbocycles. The van der Waals surface area contributed by atoms with Gasteiger partial charge in [-0.15, -0.1) is 0 Å². The van der Waals surface area contributed by atoms with E-state index in [-0.39, 0.29) is 5.41 Å². The Hall–Kier alpha value is -3.45. The number of aromatic carboxylic acids is 1. The predicted molar refractivity (Wildman–Crippen MR) is 116 cm³/mol. The summed E-state index contributed by atoms with van der Waals surface area (Å²) in [5, 5.41) is 9.97. The van der Waals surface area contributed by atoms with Crippen LogP contribution in [-0.2, 0) is 18.3 Å². The Morgan fingerprint density at radius 1 is 1.32 bits per heavy atom. The molecule has 2 aliphatic carbocycles. The van der Waals surface area contributed by atoms with E-state index in [9.17, 15) is 14.7 Å². The number of nitrogens with one attached hydrogen (secondary N) is 1. The van der Waals surface area contributed by atoms with Crippen molar-refractivity contribution in [3.05, 3.63) is 58.4 Å². The van der Waals surface area contributed by atoms with E-state index in [1.807, 2.05) is 18.3 Å². The molecule has 0 atom stereocenters. The third-order valence-corrected chi connectivity index (χ3v) is 6.64. The highest BCUT2D eigenvalue weighted by molar-refractivity contribution is 5.95. The van der Waals surface area contributed by atoms with Crippen LogP contribution in [0.3, 0.4) is 0 Å². The second-order valence-corrected chi connectivity index (χ2v) is 8.32. The Bertz CT molecular complexity index is 1220. The maximum Gasteiger partial charge on any atom is 0.337 e. The molecule has 7 nitrogen and oxygen atoms in total. The standard InChI is InChI=1S/C24H23N3O4/c1-31-19-5-3-13(8-15(19)11-28)18-9-17-14(10-26-18)2-4-16-20(23(29)30)22(27-21(16)17)24(12-25)6-7-24/h3,5,8-11,27H,2,4,6-7,12,25H2,1H3,(H,29,30). The average molecular weight is 417 g/mol. The maximum atomic E-state index is 12.2. The summed E-state index contributed by atoms with van der Waals surface area (Å²) in [6.45, 7) is 0.432. The van der Waals surface area contributed by atoms with Crippen molar-refractivity contribution < 1.29 is 19.4 Å². The minimum Gasteiger partial charge on any atom is -0.496 e. The van der Waals surface area contributed by atoms with Crippen LogP contribution in [0.1, 0.15) is 50.4 Å². The average Bonchev–Trinajstić information content (AvgIpc) is 3.49. The van der Waals surface area contributed by atoms with Crippen LogP contribution in [-0.4, -0.2) is 41.0 Å². The number of aromatic amines is 1. The van der Waals surface area contributed by atoms with Gasteiger partial charge in [0.1, 0.15) is 5.75 Å². The van der Waals surface area contributed by atoms with Crippen molar-refractivity contribution in [2.75, 3.05) is 13.7 Å². The molecule has 0 saturated heterocycles. The number of nitrogens with two attached hydrogens (primary N) is 1. The summed E-state index contributed by atoms with van der Waals surface area (Å²) in [5.41, 5.74) is 12.6. The third kappa shape index (κ3) is 2.96. The molecule has 31 heavy (non-hydrogen) atoms. The molecule has 0 amide bonds. The lowest BCUT2D eigenvalue weighted by molar-refractivity contribution is 0.0693. The molecule has 4 N–H and O–H groups in total. The topological polar surface area (TPSA) is 118 Å². The number of nitrogens with zero attached hydrogens (tertiary/aromatic N) is 1. The molecule has 0 radical (unpaired) electrons. The first-order valence-electron chi connectivity index (χ1n) is 10.3. The van der Waals surface area contributed by atoms with Crippen molar-refractivity contribution in [3.63, 3.8) is 0 Å². The zero-order chi connectivity index (χ0) is 21.8. The molecule has 1 saturated carbocycles. The van der Waals surface area contributed by atoms with Gasteiger partial charge in [0.2, 0.25) is 0 Å². The number of carboxylic acid groups (broad SMARTS) is 1. The number of rotatable bonds is 6. The smallest absolute Gasteiger partial charge is 0.337 e. The lowest BCUT2D eigenvalue weighted by Crippen LogP contribution is -2.23. The molecule has 0 unspecified atom stereocenters. The second kappa shape index (κ2) is 7.06. The van der Waals surface area contributed by atoms with Gasteiger partial charge in [0.05, 0.1) is 29.6 Å². The number of methoxy groups -OCH3 is 1. The zero-order valence-electron chi connectivity index (χ0n) is 17.2.